The minimum atomic E-state index is -4.52. The summed E-state index contributed by atoms with van der Waals surface area (Å²) < 4.78 is 41.2. The highest BCUT2D eigenvalue weighted by Crippen LogP contribution is 2.40. The van der Waals surface area contributed by atoms with Crippen LogP contribution in [0.4, 0.5) is 13.2 Å². The zero-order valence-corrected chi connectivity index (χ0v) is 12.9. The molecular formula is C16H16F3N3O2. The van der Waals surface area contributed by atoms with Crippen LogP contribution in [0.25, 0.3) is 0 Å². The van der Waals surface area contributed by atoms with Gasteiger partial charge in [-0.3, -0.25) is 9.48 Å². The summed E-state index contributed by atoms with van der Waals surface area (Å²) in [4.78, 5) is 14.0. The number of alkyl halides is 3. The lowest BCUT2D eigenvalue weighted by Gasteiger charge is -2.27. The van der Waals surface area contributed by atoms with E-state index in [9.17, 15) is 23.1 Å². The van der Waals surface area contributed by atoms with Gasteiger partial charge < -0.3 is 10.0 Å². The van der Waals surface area contributed by atoms with Gasteiger partial charge in [0.15, 0.2) is 0 Å². The highest BCUT2D eigenvalue weighted by Gasteiger charge is 2.41. The summed E-state index contributed by atoms with van der Waals surface area (Å²) in [5.41, 5.74) is -0.525. The number of β-amino-alcohol motifs (C(OH)–C–C–N with tert-alkyl or cyclic N) is 1. The molecule has 128 valence electrons. The zero-order valence-electron chi connectivity index (χ0n) is 12.9. The standard InChI is InChI=1S/C16H16F3N3O2/c1-21-13(6-7-20-21)15(24)22-9-10(23)8-14(22)11-4-2-3-5-12(11)16(17,18)19/h2-7,10,14,23H,8-9H2,1H3/t10-,14-/m1/s1. The topological polar surface area (TPSA) is 58.4 Å². The van der Waals surface area contributed by atoms with Gasteiger partial charge in [-0.25, -0.2) is 0 Å². The van der Waals surface area contributed by atoms with Gasteiger partial charge in [0.1, 0.15) is 5.69 Å². The molecule has 2 atom stereocenters. The average Bonchev–Trinajstić information content (AvgIpc) is 3.11. The van der Waals surface area contributed by atoms with Crippen LogP contribution in [0.15, 0.2) is 36.5 Å². The Morgan fingerprint density at radius 1 is 1.29 bits per heavy atom. The van der Waals surface area contributed by atoms with E-state index >= 15 is 0 Å². The third kappa shape index (κ3) is 2.89. The van der Waals surface area contributed by atoms with Gasteiger partial charge in [-0.1, -0.05) is 18.2 Å². The number of nitrogens with zero attached hydrogens (tertiary/aromatic N) is 3. The first-order chi connectivity index (χ1) is 11.3. The van der Waals surface area contributed by atoms with Crippen molar-refractivity contribution in [2.45, 2.75) is 24.7 Å². The predicted octanol–water partition coefficient (Wildman–Crippen LogP) is 2.39. The number of hydrogen-bond acceptors (Lipinski definition) is 3. The Bertz CT molecular complexity index is 757. The molecule has 5 nitrogen and oxygen atoms in total. The van der Waals surface area contributed by atoms with Crippen molar-refractivity contribution in [3.05, 3.63) is 53.3 Å². The molecule has 1 N–H and O–H groups in total. The van der Waals surface area contributed by atoms with Crippen molar-refractivity contribution in [2.75, 3.05) is 6.54 Å². The van der Waals surface area contributed by atoms with Crippen LogP contribution in [-0.4, -0.2) is 38.3 Å². The monoisotopic (exact) mass is 339 g/mol. The van der Waals surface area contributed by atoms with Gasteiger partial charge in [0.05, 0.1) is 17.7 Å². The van der Waals surface area contributed by atoms with Crippen molar-refractivity contribution in [1.29, 1.82) is 0 Å². The van der Waals surface area contributed by atoms with E-state index in [1.54, 1.807) is 7.05 Å². The van der Waals surface area contributed by atoms with Gasteiger partial charge in [-0.05, 0) is 24.1 Å². The molecule has 0 bridgehead atoms. The fraction of sp³-hybridized carbons (Fsp3) is 0.375. The lowest BCUT2D eigenvalue weighted by molar-refractivity contribution is -0.138. The van der Waals surface area contributed by atoms with Crippen LogP contribution in [0, 0.1) is 0 Å². The second-order valence-electron chi connectivity index (χ2n) is 5.79. The van der Waals surface area contributed by atoms with Gasteiger partial charge in [0.25, 0.3) is 5.91 Å². The second-order valence-corrected chi connectivity index (χ2v) is 5.79. The molecule has 1 fully saturated rings. The Kier molecular flexibility index (Phi) is 4.08. The quantitative estimate of drug-likeness (QED) is 0.914. The van der Waals surface area contributed by atoms with Crippen molar-refractivity contribution >= 4 is 5.91 Å². The van der Waals surface area contributed by atoms with E-state index < -0.39 is 29.8 Å². The first-order valence-corrected chi connectivity index (χ1v) is 7.42. The third-order valence-corrected chi connectivity index (χ3v) is 4.21. The van der Waals surface area contributed by atoms with E-state index in [0.717, 1.165) is 6.07 Å². The average molecular weight is 339 g/mol. The fourth-order valence-electron chi connectivity index (χ4n) is 3.11. The summed E-state index contributed by atoms with van der Waals surface area (Å²) in [7, 11) is 1.58. The van der Waals surface area contributed by atoms with E-state index in [1.165, 1.54) is 40.0 Å². The number of hydrogen-bond donors (Lipinski definition) is 1. The van der Waals surface area contributed by atoms with Gasteiger partial charge in [-0.15, -0.1) is 0 Å². The Morgan fingerprint density at radius 3 is 2.62 bits per heavy atom. The van der Waals surface area contributed by atoms with E-state index in [4.69, 9.17) is 0 Å². The van der Waals surface area contributed by atoms with Gasteiger partial charge in [0, 0.05) is 19.8 Å². The maximum atomic E-state index is 13.3. The number of amides is 1. The molecule has 0 aliphatic carbocycles. The van der Waals surface area contributed by atoms with Crippen LogP contribution in [0.3, 0.4) is 0 Å². The number of halogens is 3. The van der Waals surface area contributed by atoms with Gasteiger partial charge >= 0.3 is 6.18 Å². The first kappa shape index (κ1) is 16.5. The van der Waals surface area contributed by atoms with Crippen molar-refractivity contribution in [2.24, 2.45) is 7.05 Å². The number of likely N-dealkylation sites (tertiary alicyclic amines) is 1. The van der Waals surface area contributed by atoms with Crippen molar-refractivity contribution in [3.8, 4) is 0 Å². The van der Waals surface area contributed by atoms with Crippen molar-refractivity contribution in [3.63, 3.8) is 0 Å². The van der Waals surface area contributed by atoms with Gasteiger partial charge in [-0.2, -0.15) is 18.3 Å². The molecule has 0 radical (unpaired) electrons. The SMILES string of the molecule is Cn1nccc1C(=O)N1C[C@H](O)C[C@@H]1c1ccccc1C(F)(F)F. The normalized spacial score (nSPS) is 21.3. The summed E-state index contributed by atoms with van der Waals surface area (Å²) in [6, 6.07) is 5.83. The Morgan fingerprint density at radius 2 is 2.00 bits per heavy atom. The molecule has 0 spiro atoms. The summed E-state index contributed by atoms with van der Waals surface area (Å²) >= 11 is 0. The van der Waals surface area contributed by atoms with Crippen LogP contribution in [0.1, 0.15) is 34.1 Å². The Hall–Kier alpha value is -2.35. The number of carbonyl (C=O) groups is 1. The molecule has 1 aliphatic heterocycles. The van der Waals surface area contributed by atoms with Crippen molar-refractivity contribution < 1.29 is 23.1 Å². The first-order valence-electron chi connectivity index (χ1n) is 7.42. The Labute approximate surface area is 136 Å². The van der Waals surface area contributed by atoms with E-state index in [0.29, 0.717) is 0 Å². The van der Waals surface area contributed by atoms with Crippen LogP contribution in [-0.2, 0) is 13.2 Å². The van der Waals surface area contributed by atoms with Crippen LogP contribution in [0.2, 0.25) is 0 Å². The van der Waals surface area contributed by atoms with E-state index in [-0.39, 0.29) is 24.2 Å². The lowest BCUT2D eigenvalue weighted by atomic mass is 9.97. The number of carbonyl (C=O) groups excluding carboxylic acids is 1. The fourth-order valence-corrected chi connectivity index (χ4v) is 3.11. The maximum absolute atomic E-state index is 13.3. The molecular weight excluding hydrogens is 323 g/mol. The largest absolute Gasteiger partial charge is 0.416 e. The van der Waals surface area contributed by atoms with Crippen LogP contribution >= 0.6 is 0 Å². The van der Waals surface area contributed by atoms with E-state index in [2.05, 4.69) is 5.10 Å². The minimum Gasteiger partial charge on any atom is -0.391 e. The molecule has 24 heavy (non-hydrogen) atoms. The van der Waals surface area contributed by atoms with Crippen LogP contribution in [0.5, 0.6) is 0 Å². The molecule has 0 saturated carbocycles. The number of aliphatic hydroxyl groups excluding tert-OH is 1. The molecule has 1 aliphatic rings. The second kappa shape index (κ2) is 5.94. The summed E-state index contributed by atoms with van der Waals surface area (Å²) in [6.45, 7) is -0.0130. The smallest absolute Gasteiger partial charge is 0.391 e. The van der Waals surface area contributed by atoms with Gasteiger partial charge in [0.2, 0.25) is 0 Å². The summed E-state index contributed by atoms with van der Waals surface area (Å²) in [5.74, 6) is -0.450. The summed E-state index contributed by atoms with van der Waals surface area (Å²) in [6.07, 6.45) is -3.88. The molecule has 1 amide bonds. The molecule has 3 rings (SSSR count). The molecule has 1 aromatic carbocycles. The van der Waals surface area contributed by atoms with Crippen LogP contribution < -0.4 is 0 Å². The molecule has 2 aromatic rings. The molecule has 1 saturated heterocycles. The highest BCUT2D eigenvalue weighted by molar-refractivity contribution is 5.93. The summed E-state index contributed by atoms with van der Waals surface area (Å²) in [5, 5.41) is 13.9. The molecule has 8 heteroatoms. The molecule has 2 heterocycles. The zero-order chi connectivity index (χ0) is 17.5. The lowest BCUT2D eigenvalue weighted by Crippen LogP contribution is -2.33. The van der Waals surface area contributed by atoms with E-state index in [1.807, 2.05) is 0 Å². The van der Waals surface area contributed by atoms with Crippen molar-refractivity contribution in [1.82, 2.24) is 14.7 Å². The minimum absolute atomic E-state index is 0.00271. The number of benzene rings is 1. The Balaban J connectivity index is 2.01. The number of aliphatic hydroxyl groups is 1. The molecule has 0 unspecified atom stereocenters. The highest BCUT2D eigenvalue weighted by atomic mass is 19.4. The predicted molar refractivity (Wildman–Crippen MR) is 79.1 cm³/mol. The maximum Gasteiger partial charge on any atom is 0.416 e. The number of aromatic nitrogens is 2. The molecule has 1 aromatic heterocycles. The number of rotatable bonds is 2. The number of aryl methyl sites for hydroxylation is 1. The third-order valence-electron chi connectivity index (χ3n) is 4.21.